The number of hydrogen-bond donors (Lipinski definition) is 1. The molecule has 1 atom stereocenters. The Bertz CT molecular complexity index is 390. The first-order valence-electron chi connectivity index (χ1n) is 5.82. The molecule has 0 aromatic heterocycles. The fourth-order valence-electron chi connectivity index (χ4n) is 1.63. The molecule has 0 aliphatic rings. The smallest absolute Gasteiger partial charge is 0.138 e. The van der Waals surface area contributed by atoms with Crippen molar-refractivity contribution in [1.29, 1.82) is 0 Å². The van der Waals surface area contributed by atoms with Crippen LogP contribution in [0.3, 0.4) is 0 Å². The first kappa shape index (κ1) is 14.1. The van der Waals surface area contributed by atoms with Gasteiger partial charge in [0.05, 0.1) is 5.02 Å². The molecular formula is C14H20ClNO. The second-order valence-electron chi connectivity index (χ2n) is 4.38. The lowest BCUT2D eigenvalue weighted by Crippen LogP contribution is -2.06. The van der Waals surface area contributed by atoms with Gasteiger partial charge in [-0.25, -0.2) is 0 Å². The third kappa shape index (κ3) is 4.06. The van der Waals surface area contributed by atoms with Crippen LogP contribution in [-0.4, -0.2) is 13.2 Å². The quantitative estimate of drug-likeness (QED) is 0.784. The van der Waals surface area contributed by atoms with E-state index in [4.69, 9.17) is 22.1 Å². The maximum atomic E-state index is 6.33. The summed E-state index contributed by atoms with van der Waals surface area (Å²) in [6.45, 7) is 9.00. The second-order valence-corrected chi connectivity index (χ2v) is 4.76. The summed E-state index contributed by atoms with van der Waals surface area (Å²) in [5, 5.41) is 0.690. The van der Waals surface area contributed by atoms with Crippen LogP contribution in [-0.2, 0) is 0 Å². The lowest BCUT2D eigenvalue weighted by Gasteiger charge is -2.15. The van der Waals surface area contributed by atoms with Crippen molar-refractivity contribution in [3.63, 3.8) is 0 Å². The van der Waals surface area contributed by atoms with E-state index >= 15 is 0 Å². The minimum Gasteiger partial charge on any atom is -0.488 e. The average Bonchev–Trinajstić information content (AvgIpc) is 2.27. The van der Waals surface area contributed by atoms with Crippen molar-refractivity contribution in [1.82, 2.24) is 0 Å². The molecule has 0 bridgehead atoms. The highest BCUT2D eigenvalue weighted by Gasteiger charge is 2.12. The summed E-state index contributed by atoms with van der Waals surface area (Å²) in [4.78, 5) is 0. The van der Waals surface area contributed by atoms with Crippen LogP contribution in [0, 0.1) is 0 Å². The molecule has 3 heteroatoms. The van der Waals surface area contributed by atoms with Crippen LogP contribution in [0.5, 0.6) is 5.75 Å². The molecule has 0 heterocycles. The van der Waals surface area contributed by atoms with Crippen molar-refractivity contribution in [2.24, 2.45) is 5.73 Å². The summed E-state index contributed by atoms with van der Waals surface area (Å²) in [5.74, 6) is 1.07. The molecule has 0 amide bonds. The molecule has 0 saturated heterocycles. The van der Waals surface area contributed by atoms with Crippen LogP contribution < -0.4 is 10.5 Å². The summed E-state index contributed by atoms with van der Waals surface area (Å²) in [6.07, 6.45) is 0.920. The zero-order valence-corrected chi connectivity index (χ0v) is 11.3. The zero-order chi connectivity index (χ0) is 12.8. The molecule has 1 aromatic carbocycles. The van der Waals surface area contributed by atoms with Crippen LogP contribution in [0.25, 0.3) is 0 Å². The molecule has 0 aliphatic heterocycles. The lowest BCUT2D eigenvalue weighted by molar-refractivity contribution is 0.352. The Hall–Kier alpha value is -0.990. The number of nitrogens with two attached hydrogens (primary N) is 1. The van der Waals surface area contributed by atoms with Gasteiger partial charge in [-0.05, 0) is 43.0 Å². The van der Waals surface area contributed by atoms with Gasteiger partial charge in [0.15, 0.2) is 0 Å². The summed E-state index contributed by atoms with van der Waals surface area (Å²) in [7, 11) is 0. The number of benzene rings is 1. The van der Waals surface area contributed by atoms with Crippen LogP contribution in [0.1, 0.15) is 31.7 Å². The maximum Gasteiger partial charge on any atom is 0.138 e. The van der Waals surface area contributed by atoms with E-state index in [0.29, 0.717) is 24.1 Å². The minimum absolute atomic E-state index is 0.348. The molecule has 0 radical (unpaired) electrons. The Labute approximate surface area is 108 Å². The molecule has 2 nitrogen and oxygen atoms in total. The highest BCUT2D eigenvalue weighted by molar-refractivity contribution is 6.32. The van der Waals surface area contributed by atoms with E-state index < -0.39 is 0 Å². The van der Waals surface area contributed by atoms with Gasteiger partial charge in [-0.15, -0.1) is 0 Å². The van der Waals surface area contributed by atoms with Gasteiger partial charge in [0.1, 0.15) is 12.4 Å². The highest BCUT2D eigenvalue weighted by atomic mass is 35.5. The van der Waals surface area contributed by atoms with Gasteiger partial charge >= 0.3 is 0 Å². The molecular weight excluding hydrogens is 234 g/mol. The van der Waals surface area contributed by atoms with Gasteiger partial charge in [0.25, 0.3) is 0 Å². The van der Waals surface area contributed by atoms with Crippen LogP contribution in [0.2, 0.25) is 5.02 Å². The Morgan fingerprint density at radius 1 is 1.53 bits per heavy atom. The standard InChI is InChI=1S/C14H20ClNO/c1-10(2)9-17-13-6-4-5-12(14(13)15)11(3)7-8-16/h4-6,11H,1,7-9,16H2,2-3H3. The fraction of sp³-hybridized carbons (Fsp3) is 0.429. The van der Waals surface area contributed by atoms with E-state index in [1.165, 1.54) is 0 Å². The highest BCUT2D eigenvalue weighted by Crippen LogP contribution is 2.34. The van der Waals surface area contributed by atoms with Crippen molar-refractivity contribution < 1.29 is 4.74 Å². The monoisotopic (exact) mass is 253 g/mol. The van der Waals surface area contributed by atoms with Crippen LogP contribution >= 0.6 is 11.6 Å². The third-order valence-corrected chi connectivity index (χ3v) is 3.00. The van der Waals surface area contributed by atoms with Crippen molar-refractivity contribution in [2.45, 2.75) is 26.2 Å². The normalized spacial score (nSPS) is 12.2. The Morgan fingerprint density at radius 2 is 2.24 bits per heavy atom. The molecule has 0 fully saturated rings. The first-order chi connectivity index (χ1) is 8.06. The number of hydrogen-bond acceptors (Lipinski definition) is 2. The molecule has 0 aliphatic carbocycles. The van der Waals surface area contributed by atoms with Gasteiger partial charge in [0.2, 0.25) is 0 Å². The van der Waals surface area contributed by atoms with Gasteiger partial charge < -0.3 is 10.5 Å². The third-order valence-electron chi connectivity index (χ3n) is 2.60. The predicted molar refractivity (Wildman–Crippen MR) is 73.8 cm³/mol. The Kier molecular flexibility index (Phi) is 5.52. The van der Waals surface area contributed by atoms with Crippen molar-refractivity contribution in [2.75, 3.05) is 13.2 Å². The Balaban J connectivity index is 2.86. The zero-order valence-electron chi connectivity index (χ0n) is 10.5. The van der Waals surface area contributed by atoms with E-state index in [1.54, 1.807) is 0 Å². The number of ether oxygens (including phenoxy) is 1. The second kappa shape index (κ2) is 6.67. The van der Waals surface area contributed by atoms with E-state index in [0.717, 1.165) is 23.3 Å². The first-order valence-corrected chi connectivity index (χ1v) is 6.19. The van der Waals surface area contributed by atoms with E-state index in [2.05, 4.69) is 13.5 Å². The van der Waals surface area contributed by atoms with Gasteiger partial charge in [0, 0.05) is 0 Å². The molecule has 1 unspecified atom stereocenters. The van der Waals surface area contributed by atoms with E-state index in [9.17, 15) is 0 Å². The summed E-state index contributed by atoms with van der Waals surface area (Å²) in [5.41, 5.74) is 7.63. The molecule has 0 saturated carbocycles. The maximum absolute atomic E-state index is 6.33. The van der Waals surface area contributed by atoms with Gasteiger partial charge in [-0.3, -0.25) is 0 Å². The Morgan fingerprint density at radius 3 is 2.82 bits per heavy atom. The molecule has 94 valence electrons. The lowest BCUT2D eigenvalue weighted by atomic mass is 9.97. The fourth-order valence-corrected chi connectivity index (χ4v) is 1.99. The van der Waals surface area contributed by atoms with Crippen molar-refractivity contribution >= 4 is 11.6 Å². The average molecular weight is 254 g/mol. The summed E-state index contributed by atoms with van der Waals surface area (Å²) in [6, 6.07) is 5.86. The van der Waals surface area contributed by atoms with Crippen molar-refractivity contribution in [3.8, 4) is 5.75 Å². The van der Waals surface area contributed by atoms with E-state index in [-0.39, 0.29) is 0 Å². The molecule has 17 heavy (non-hydrogen) atoms. The van der Waals surface area contributed by atoms with Crippen LogP contribution in [0.15, 0.2) is 30.4 Å². The SMILES string of the molecule is C=C(C)COc1cccc(C(C)CCN)c1Cl. The van der Waals surface area contributed by atoms with E-state index in [1.807, 2.05) is 25.1 Å². The van der Waals surface area contributed by atoms with Gasteiger partial charge in [-0.2, -0.15) is 0 Å². The molecule has 0 spiro atoms. The number of rotatable bonds is 6. The predicted octanol–water partition coefficient (Wildman–Crippen LogP) is 3.75. The summed E-state index contributed by atoms with van der Waals surface area (Å²) >= 11 is 6.33. The topological polar surface area (TPSA) is 35.2 Å². The molecule has 2 N–H and O–H groups in total. The largest absolute Gasteiger partial charge is 0.488 e. The van der Waals surface area contributed by atoms with Crippen molar-refractivity contribution in [3.05, 3.63) is 40.9 Å². The van der Waals surface area contributed by atoms with Crippen LogP contribution in [0.4, 0.5) is 0 Å². The number of halogens is 1. The molecule has 1 aromatic rings. The summed E-state index contributed by atoms with van der Waals surface area (Å²) < 4.78 is 5.60. The molecule has 1 rings (SSSR count). The van der Waals surface area contributed by atoms with Gasteiger partial charge in [-0.1, -0.05) is 37.2 Å². The minimum atomic E-state index is 0.348.